The van der Waals surface area contributed by atoms with E-state index in [9.17, 15) is 18.3 Å². The maximum atomic E-state index is 12.5. The fraction of sp³-hybridized carbons (Fsp3) is 0.444. The van der Waals surface area contributed by atoms with Gasteiger partial charge in [0.05, 0.1) is 12.6 Å². The molecule has 6 nitrogen and oxygen atoms in total. The van der Waals surface area contributed by atoms with Crippen LogP contribution in [0.3, 0.4) is 0 Å². The molecule has 1 fully saturated rings. The third-order valence-electron chi connectivity index (χ3n) is 4.41. The Morgan fingerprint density at radius 2 is 1.78 bits per heavy atom. The lowest BCUT2D eigenvalue weighted by atomic mass is 10.1. The molecule has 0 saturated carbocycles. The van der Waals surface area contributed by atoms with E-state index in [0.717, 1.165) is 5.56 Å². The van der Waals surface area contributed by atoms with Gasteiger partial charge in [-0.2, -0.15) is 13.2 Å². The fourth-order valence-corrected chi connectivity index (χ4v) is 3.00. The van der Waals surface area contributed by atoms with Gasteiger partial charge in [0.15, 0.2) is 0 Å². The van der Waals surface area contributed by atoms with Crippen molar-refractivity contribution in [2.75, 3.05) is 49.5 Å². The van der Waals surface area contributed by atoms with Gasteiger partial charge in [-0.05, 0) is 5.56 Å². The molecular formula is C18H22F3N5O. The van der Waals surface area contributed by atoms with Crippen LogP contribution in [-0.2, 0) is 0 Å². The van der Waals surface area contributed by atoms with E-state index in [1.807, 2.05) is 35.2 Å². The van der Waals surface area contributed by atoms with E-state index < -0.39 is 18.8 Å². The molecule has 1 aromatic carbocycles. The number of aliphatic hydroxyl groups excluding tert-OH is 1. The minimum absolute atomic E-state index is 0.291. The summed E-state index contributed by atoms with van der Waals surface area (Å²) in [5, 5.41) is 13.3. The summed E-state index contributed by atoms with van der Waals surface area (Å²) in [6.07, 6.45) is -3.43. The number of aliphatic hydroxyl groups is 1. The maximum Gasteiger partial charge on any atom is 0.401 e. The number of rotatable bonds is 6. The normalized spacial score (nSPS) is 17.0. The Morgan fingerprint density at radius 1 is 1.07 bits per heavy atom. The lowest BCUT2D eigenvalue weighted by Gasteiger charge is -2.35. The second-order valence-electron chi connectivity index (χ2n) is 6.45. The lowest BCUT2D eigenvalue weighted by molar-refractivity contribution is -0.146. The monoisotopic (exact) mass is 381 g/mol. The van der Waals surface area contributed by atoms with E-state index in [4.69, 9.17) is 0 Å². The molecule has 27 heavy (non-hydrogen) atoms. The maximum absolute atomic E-state index is 12.5. The number of nitrogens with one attached hydrogen (secondary N) is 1. The molecule has 1 unspecified atom stereocenters. The summed E-state index contributed by atoms with van der Waals surface area (Å²) in [6, 6.07) is 11.0. The van der Waals surface area contributed by atoms with Crippen molar-refractivity contribution in [1.29, 1.82) is 0 Å². The van der Waals surface area contributed by atoms with Crippen LogP contribution in [0, 0.1) is 0 Å². The second-order valence-corrected chi connectivity index (χ2v) is 6.45. The average Bonchev–Trinajstić information content (AvgIpc) is 2.66. The molecule has 0 radical (unpaired) electrons. The zero-order valence-corrected chi connectivity index (χ0v) is 14.7. The summed E-state index contributed by atoms with van der Waals surface area (Å²) in [5.41, 5.74) is 0.806. The lowest BCUT2D eigenvalue weighted by Crippen LogP contribution is -2.49. The fourth-order valence-electron chi connectivity index (χ4n) is 3.00. The first-order chi connectivity index (χ1) is 12.9. The number of nitrogens with zero attached hydrogens (tertiary/aromatic N) is 4. The first kappa shape index (κ1) is 19.4. The highest BCUT2D eigenvalue weighted by molar-refractivity contribution is 5.49. The zero-order chi connectivity index (χ0) is 19.3. The van der Waals surface area contributed by atoms with Gasteiger partial charge in [-0.1, -0.05) is 30.3 Å². The molecule has 0 aliphatic carbocycles. The van der Waals surface area contributed by atoms with Gasteiger partial charge in [0.2, 0.25) is 0 Å². The van der Waals surface area contributed by atoms with E-state index in [-0.39, 0.29) is 0 Å². The summed E-state index contributed by atoms with van der Waals surface area (Å²) in [7, 11) is 0. The second kappa shape index (κ2) is 8.53. The van der Waals surface area contributed by atoms with Gasteiger partial charge >= 0.3 is 6.18 Å². The Morgan fingerprint density at radius 3 is 2.44 bits per heavy atom. The minimum Gasteiger partial charge on any atom is -0.387 e. The highest BCUT2D eigenvalue weighted by Crippen LogP contribution is 2.21. The van der Waals surface area contributed by atoms with Gasteiger partial charge in [-0.25, -0.2) is 9.97 Å². The average molecular weight is 381 g/mol. The van der Waals surface area contributed by atoms with Crippen molar-refractivity contribution in [3.05, 3.63) is 48.3 Å². The molecule has 0 amide bonds. The Kier molecular flexibility index (Phi) is 6.12. The van der Waals surface area contributed by atoms with Crippen molar-refractivity contribution in [2.24, 2.45) is 0 Å². The van der Waals surface area contributed by atoms with Crippen LogP contribution in [0.2, 0.25) is 0 Å². The number of anilines is 2. The van der Waals surface area contributed by atoms with Crippen LogP contribution in [0.1, 0.15) is 11.7 Å². The number of benzene rings is 1. The summed E-state index contributed by atoms with van der Waals surface area (Å²) in [4.78, 5) is 11.7. The van der Waals surface area contributed by atoms with Crippen LogP contribution in [0.25, 0.3) is 0 Å². The number of aromatic nitrogens is 2. The van der Waals surface area contributed by atoms with Crippen LogP contribution in [-0.4, -0.2) is 65.4 Å². The molecule has 2 aromatic rings. The summed E-state index contributed by atoms with van der Waals surface area (Å²) in [6.45, 7) is 1.02. The molecule has 1 saturated heterocycles. The number of piperazine rings is 1. The largest absolute Gasteiger partial charge is 0.401 e. The first-order valence-electron chi connectivity index (χ1n) is 8.74. The summed E-state index contributed by atoms with van der Waals surface area (Å²) < 4.78 is 37.4. The number of hydrogen-bond donors (Lipinski definition) is 2. The number of halogens is 3. The highest BCUT2D eigenvalue weighted by atomic mass is 19.4. The van der Waals surface area contributed by atoms with Crippen molar-refractivity contribution in [2.45, 2.75) is 12.3 Å². The van der Waals surface area contributed by atoms with Crippen molar-refractivity contribution in [3.8, 4) is 0 Å². The Bertz CT molecular complexity index is 720. The quantitative estimate of drug-likeness (QED) is 0.801. The van der Waals surface area contributed by atoms with Crippen LogP contribution < -0.4 is 10.2 Å². The Balaban J connectivity index is 1.53. The van der Waals surface area contributed by atoms with Crippen LogP contribution in [0.5, 0.6) is 0 Å². The van der Waals surface area contributed by atoms with Crippen molar-refractivity contribution in [3.63, 3.8) is 0 Å². The van der Waals surface area contributed by atoms with Gasteiger partial charge in [0.25, 0.3) is 0 Å². The smallest absolute Gasteiger partial charge is 0.387 e. The molecule has 2 N–H and O–H groups in total. The van der Waals surface area contributed by atoms with Gasteiger partial charge in [0, 0.05) is 38.8 Å². The standard InChI is InChI=1S/C18H22F3N5O/c19-18(20,21)12-25-6-8-26(9-7-25)17-10-16(23-13-24-17)22-11-15(27)14-4-2-1-3-5-14/h1-5,10,13,15,27H,6-9,11-12H2,(H,22,23,24). The third-order valence-corrected chi connectivity index (χ3v) is 4.41. The molecule has 1 aromatic heterocycles. The highest BCUT2D eigenvalue weighted by Gasteiger charge is 2.32. The first-order valence-corrected chi connectivity index (χ1v) is 8.74. The van der Waals surface area contributed by atoms with Crippen molar-refractivity contribution < 1.29 is 18.3 Å². The molecule has 9 heteroatoms. The summed E-state index contributed by atoms with van der Waals surface area (Å²) >= 11 is 0. The van der Waals surface area contributed by atoms with Crippen LogP contribution in [0.15, 0.2) is 42.7 Å². The van der Waals surface area contributed by atoms with E-state index in [1.54, 1.807) is 6.07 Å². The predicted octanol–water partition coefficient (Wildman–Crippen LogP) is 2.31. The topological polar surface area (TPSA) is 64.5 Å². The molecule has 1 atom stereocenters. The van der Waals surface area contributed by atoms with Crippen molar-refractivity contribution in [1.82, 2.24) is 14.9 Å². The predicted molar refractivity (Wildman–Crippen MR) is 96.6 cm³/mol. The van der Waals surface area contributed by atoms with Gasteiger partial charge in [0.1, 0.15) is 18.0 Å². The van der Waals surface area contributed by atoms with E-state index in [1.165, 1.54) is 11.2 Å². The van der Waals surface area contributed by atoms with Crippen molar-refractivity contribution >= 4 is 11.6 Å². The molecule has 0 bridgehead atoms. The Hall–Kier alpha value is -2.39. The molecule has 1 aliphatic rings. The number of alkyl halides is 3. The molecule has 146 valence electrons. The summed E-state index contributed by atoms with van der Waals surface area (Å²) in [5.74, 6) is 1.22. The molecule has 0 spiro atoms. The minimum atomic E-state index is -4.17. The molecule has 1 aliphatic heterocycles. The number of hydrogen-bond acceptors (Lipinski definition) is 6. The van der Waals surface area contributed by atoms with E-state index in [0.29, 0.717) is 44.4 Å². The van der Waals surface area contributed by atoms with Gasteiger partial charge in [-0.3, -0.25) is 4.90 Å². The van der Waals surface area contributed by atoms with Gasteiger partial charge < -0.3 is 15.3 Å². The molecular weight excluding hydrogens is 359 g/mol. The van der Waals surface area contributed by atoms with Gasteiger partial charge in [-0.15, -0.1) is 0 Å². The molecule has 3 rings (SSSR count). The van der Waals surface area contributed by atoms with E-state index in [2.05, 4.69) is 15.3 Å². The third kappa shape index (κ3) is 5.80. The van der Waals surface area contributed by atoms with Crippen LogP contribution in [0.4, 0.5) is 24.8 Å². The van der Waals surface area contributed by atoms with Crippen LogP contribution >= 0.6 is 0 Å². The van der Waals surface area contributed by atoms with E-state index >= 15 is 0 Å². The Labute approximate surface area is 155 Å². The molecule has 2 heterocycles. The SMILES string of the molecule is OC(CNc1cc(N2CCN(CC(F)(F)F)CC2)ncn1)c1ccccc1. The zero-order valence-electron chi connectivity index (χ0n) is 14.7.